The molecule has 57 heavy (non-hydrogen) atoms. The molecule has 0 radical (unpaired) electrons. The molecule has 2 N–H and O–H groups in total. The highest BCUT2D eigenvalue weighted by Gasteiger charge is 2.39. The van der Waals surface area contributed by atoms with Crippen molar-refractivity contribution in [3.05, 3.63) is 130 Å². The van der Waals surface area contributed by atoms with Gasteiger partial charge in [0, 0.05) is 67.7 Å². The van der Waals surface area contributed by atoms with Crippen LogP contribution in [0.2, 0.25) is 13.1 Å². The fraction of sp³-hybridized carbons (Fsp3) is 0.357. The minimum absolute atomic E-state index is 0.143. The molecule has 15 heteroatoms. The number of rotatable bonds is 15. The number of fused-ring (bicyclic) bond motifs is 4. The molecule has 14 nitrogen and oxygen atoms in total. The Morgan fingerprint density at radius 1 is 0.895 bits per heavy atom. The van der Waals surface area contributed by atoms with Gasteiger partial charge >= 0.3 is 5.97 Å². The van der Waals surface area contributed by atoms with Crippen molar-refractivity contribution in [1.29, 1.82) is 0 Å². The van der Waals surface area contributed by atoms with Crippen LogP contribution in [0.5, 0.6) is 0 Å². The second-order valence-electron chi connectivity index (χ2n) is 15.4. The van der Waals surface area contributed by atoms with Crippen LogP contribution in [0.3, 0.4) is 0 Å². The summed E-state index contributed by atoms with van der Waals surface area (Å²) in [7, 11) is 1.98. The number of hydrogen-bond acceptors (Lipinski definition) is 9. The number of non-ortho nitro benzene ring substituents is 1. The van der Waals surface area contributed by atoms with Crippen molar-refractivity contribution in [3.63, 3.8) is 0 Å². The van der Waals surface area contributed by atoms with E-state index < -0.39 is 23.9 Å². The fourth-order valence-electron chi connectivity index (χ4n) is 8.37. The summed E-state index contributed by atoms with van der Waals surface area (Å²) in [5.74, 6) is -1.40. The van der Waals surface area contributed by atoms with Crippen LogP contribution >= 0.6 is 0 Å². The average Bonchev–Trinajstić information content (AvgIpc) is 3.74. The highest BCUT2D eigenvalue weighted by molar-refractivity contribution is 7.01. The van der Waals surface area contributed by atoms with Crippen LogP contribution in [0.1, 0.15) is 55.0 Å². The molecule has 0 atom stereocenters. The van der Waals surface area contributed by atoms with Crippen molar-refractivity contribution in [2.75, 3.05) is 65.1 Å². The zero-order valence-electron chi connectivity index (χ0n) is 32.6. The normalized spacial score (nSPS) is 14.8. The van der Waals surface area contributed by atoms with Crippen LogP contribution in [0, 0.1) is 20.2 Å². The SMILES string of the molecule is CN1CCc2cc3c(cc21)[Si](C)(C)c1cc2c(cc1=C3c1cc(C(=O)NCCOCCOCCCc3ccc([N+](=O)[O-])cc3[N+](=O)[O-])ccc1C(=O)O)CC[N+]=2C. The van der Waals surface area contributed by atoms with Gasteiger partial charge in [-0.15, -0.1) is 0 Å². The number of benzene rings is 4. The quantitative estimate of drug-likeness (QED) is 0.0599. The van der Waals surface area contributed by atoms with Crippen LogP contribution in [0.25, 0.3) is 5.57 Å². The lowest BCUT2D eigenvalue weighted by molar-refractivity contribution is -0.394. The average molecular weight is 793 g/mol. The maximum atomic E-state index is 13.5. The molecule has 4 aromatic rings. The molecule has 0 fully saturated rings. The molecule has 0 saturated carbocycles. The Labute approximate surface area is 330 Å². The molecule has 0 aliphatic carbocycles. The van der Waals surface area contributed by atoms with Crippen molar-refractivity contribution in [3.8, 4) is 0 Å². The summed E-state index contributed by atoms with van der Waals surface area (Å²) in [5, 5.41) is 40.6. The van der Waals surface area contributed by atoms with Crippen LogP contribution < -0.4 is 35.7 Å². The topological polar surface area (TPSA) is 177 Å². The van der Waals surface area contributed by atoms with Crippen molar-refractivity contribution in [1.82, 2.24) is 9.89 Å². The van der Waals surface area contributed by atoms with Crippen molar-refractivity contribution in [2.24, 2.45) is 0 Å². The lowest BCUT2D eigenvalue weighted by Gasteiger charge is -2.34. The molecular formula is C42H46N5O9Si+. The first-order chi connectivity index (χ1) is 27.3. The third kappa shape index (κ3) is 7.69. The molecule has 0 spiro atoms. The molecule has 0 saturated heterocycles. The number of aromatic carboxylic acids is 1. The number of likely N-dealkylation sites (N-methyl/N-ethyl adjacent to an activating group) is 2. The number of nitrogens with one attached hydrogen (secondary N) is 1. The number of anilines is 1. The van der Waals surface area contributed by atoms with E-state index in [0.717, 1.165) is 48.4 Å². The summed E-state index contributed by atoms with van der Waals surface area (Å²) in [6.45, 7) is 7.90. The third-order valence-electron chi connectivity index (χ3n) is 11.5. The van der Waals surface area contributed by atoms with Gasteiger partial charge in [0.2, 0.25) is 5.36 Å². The number of hydrogen-bond donors (Lipinski definition) is 2. The van der Waals surface area contributed by atoms with E-state index in [9.17, 15) is 34.9 Å². The molecule has 1 amide bonds. The van der Waals surface area contributed by atoms with Gasteiger partial charge in [-0.1, -0.05) is 13.1 Å². The van der Waals surface area contributed by atoms with Gasteiger partial charge in [-0.3, -0.25) is 25.0 Å². The number of nitro groups is 2. The first kappa shape index (κ1) is 39.5. The van der Waals surface area contributed by atoms with E-state index >= 15 is 0 Å². The van der Waals surface area contributed by atoms with Gasteiger partial charge in [0.05, 0.1) is 41.3 Å². The van der Waals surface area contributed by atoms with Crippen molar-refractivity contribution in [2.45, 2.75) is 38.8 Å². The number of nitrogens with zero attached hydrogens (tertiary/aromatic N) is 4. The predicted molar refractivity (Wildman–Crippen MR) is 219 cm³/mol. The van der Waals surface area contributed by atoms with Gasteiger partial charge in [-0.05, 0) is 99.6 Å². The number of aryl methyl sites for hydroxylation is 1. The van der Waals surface area contributed by atoms with E-state index in [1.807, 2.05) is 0 Å². The molecular weight excluding hydrogens is 747 g/mol. The van der Waals surface area contributed by atoms with Crippen molar-refractivity contribution >= 4 is 53.0 Å². The molecule has 3 aliphatic rings. The molecule has 4 aromatic carbocycles. The molecule has 296 valence electrons. The molecule has 0 aromatic heterocycles. The van der Waals surface area contributed by atoms with E-state index in [1.54, 1.807) is 12.1 Å². The van der Waals surface area contributed by atoms with E-state index in [2.05, 4.69) is 66.2 Å². The Hall–Kier alpha value is -5.77. The van der Waals surface area contributed by atoms with Gasteiger partial charge in [-0.25, -0.2) is 9.37 Å². The summed E-state index contributed by atoms with van der Waals surface area (Å²) in [5.41, 5.74) is 6.44. The number of amides is 1. The fourth-order valence-corrected chi connectivity index (χ4v) is 11.4. The van der Waals surface area contributed by atoms with Gasteiger partial charge in [0.15, 0.2) is 0 Å². The summed E-state index contributed by atoms with van der Waals surface area (Å²) >= 11 is 0. The summed E-state index contributed by atoms with van der Waals surface area (Å²) < 4.78 is 13.5. The minimum Gasteiger partial charge on any atom is -0.478 e. The molecule has 3 aliphatic heterocycles. The number of nitro benzene ring substituents is 2. The highest BCUT2D eigenvalue weighted by Crippen LogP contribution is 2.34. The molecule has 0 bridgehead atoms. The zero-order chi connectivity index (χ0) is 40.6. The lowest BCUT2D eigenvalue weighted by Crippen LogP contribution is -2.64. The maximum Gasteiger partial charge on any atom is 0.336 e. The standard InChI is InChI=1S/C42H45N5O9Si/c1-44-14-11-27-20-33-38(24-35(27)44)57(3,4)39-25-36-28(12-15-45(36)2)21-34(39)40(33)32-22-29(8-10-31(32)42(49)50)41(48)43-13-17-56-19-18-55-16-5-6-26-7-9-30(46(51)52)23-37(26)47(53)54/h7-10,20-25H,5-6,11-19H2,1-4H3,(H-,43,48,49,50)/p+1. The molecule has 7 rings (SSSR count). The van der Waals surface area contributed by atoms with Gasteiger partial charge in [-0.2, -0.15) is 0 Å². The van der Waals surface area contributed by atoms with Gasteiger partial charge < -0.3 is 24.8 Å². The van der Waals surface area contributed by atoms with E-state index in [-0.39, 0.29) is 49.2 Å². The summed E-state index contributed by atoms with van der Waals surface area (Å²) in [6.07, 6.45) is 2.63. The maximum absolute atomic E-state index is 13.5. The lowest BCUT2D eigenvalue weighted by atomic mass is 9.88. The zero-order valence-corrected chi connectivity index (χ0v) is 33.6. The summed E-state index contributed by atoms with van der Waals surface area (Å²) in [6, 6.07) is 17.6. The Kier molecular flexibility index (Phi) is 11.1. The minimum atomic E-state index is -2.26. The predicted octanol–water partition coefficient (Wildman–Crippen LogP) is 2.65. The molecule has 3 heterocycles. The van der Waals surface area contributed by atoms with E-state index in [1.165, 1.54) is 50.7 Å². The number of ether oxygens (including phenoxy) is 2. The van der Waals surface area contributed by atoms with Crippen molar-refractivity contribution < 1.29 is 34.0 Å². The first-order valence-corrected chi connectivity index (χ1v) is 22.1. The Morgan fingerprint density at radius 2 is 1.67 bits per heavy atom. The Balaban J connectivity index is 1.04. The number of carboxylic acids is 1. The second-order valence-corrected chi connectivity index (χ2v) is 19.7. The van der Waals surface area contributed by atoms with Gasteiger partial charge in [0.25, 0.3) is 17.3 Å². The van der Waals surface area contributed by atoms with Crippen LogP contribution in [0.4, 0.5) is 17.1 Å². The monoisotopic (exact) mass is 792 g/mol. The smallest absolute Gasteiger partial charge is 0.336 e. The number of carbonyl (C=O) groups is 2. The van der Waals surface area contributed by atoms with Crippen LogP contribution in [-0.2, 0) is 28.7 Å². The third-order valence-corrected chi connectivity index (χ3v) is 15.0. The summed E-state index contributed by atoms with van der Waals surface area (Å²) in [4.78, 5) is 49.7. The second kappa shape index (κ2) is 16.0. The number of carboxylic acid groups (broad SMARTS) is 1. The molecule has 0 unspecified atom stereocenters. The number of carbonyl (C=O) groups excluding carboxylic acids is 1. The highest BCUT2D eigenvalue weighted by atomic mass is 28.3. The van der Waals surface area contributed by atoms with Crippen LogP contribution in [0.15, 0.2) is 60.7 Å². The van der Waals surface area contributed by atoms with E-state index in [4.69, 9.17) is 9.47 Å². The van der Waals surface area contributed by atoms with Crippen LogP contribution in [-0.4, -0.2) is 95.1 Å². The van der Waals surface area contributed by atoms with E-state index in [0.29, 0.717) is 36.1 Å². The van der Waals surface area contributed by atoms with Gasteiger partial charge in [0.1, 0.15) is 21.7 Å². The Bertz CT molecular complexity index is 2470. The first-order valence-electron chi connectivity index (χ1n) is 19.1. The largest absolute Gasteiger partial charge is 0.478 e. The Morgan fingerprint density at radius 3 is 2.40 bits per heavy atom.